The van der Waals surface area contributed by atoms with Crippen molar-refractivity contribution in [3.05, 3.63) is 107 Å². The molecule has 0 aromatic heterocycles. The summed E-state index contributed by atoms with van der Waals surface area (Å²) in [5.41, 5.74) is 12.0. The number of benzene rings is 5. The predicted octanol–water partition coefficient (Wildman–Crippen LogP) is 9.08. The topological polar surface area (TPSA) is 0 Å². The van der Waals surface area contributed by atoms with Crippen molar-refractivity contribution >= 4 is 21.5 Å². The highest BCUT2D eigenvalue weighted by atomic mass is 14.3. The second-order valence-electron chi connectivity index (χ2n) is 10.1. The minimum atomic E-state index is 1.20. The van der Waals surface area contributed by atoms with Crippen LogP contribution < -0.4 is 0 Å². The Labute approximate surface area is 202 Å². The van der Waals surface area contributed by atoms with Gasteiger partial charge in [0.2, 0.25) is 0 Å². The van der Waals surface area contributed by atoms with E-state index < -0.39 is 0 Å². The van der Waals surface area contributed by atoms with Gasteiger partial charge in [-0.15, -0.1) is 0 Å². The van der Waals surface area contributed by atoms with Gasteiger partial charge in [-0.3, -0.25) is 0 Å². The highest BCUT2D eigenvalue weighted by Crippen LogP contribution is 2.46. The summed E-state index contributed by atoms with van der Waals surface area (Å²) in [6.45, 7) is 0. The Kier molecular flexibility index (Phi) is 4.79. The first kappa shape index (κ1) is 20.0. The van der Waals surface area contributed by atoms with Crippen molar-refractivity contribution in [2.45, 2.75) is 51.4 Å². The van der Waals surface area contributed by atoms with Crippen LogP contribution in [0.25, 0.3) is 43.8 Å². The van der Waals surface area contributed by atoms with Gasteiger partial charge >= 0.3 is 0 Å². The summed E-state index contributed by atoms with van der Waals surface area (Å²) in [6, 6.07) is 32.4. The third-order valence-corrected chi connectivity index (χ3v) is 8.26. The molecular weight excluding hydrogens is 408 g/mol. The molecule has 0 amide bonds. The summed E-state index contributed by atoms with van der Waals surface area (Å²) in [7, 11) is 0. The van der Waals surface area contributed by atoms with Crippen molar-refractivity contribution in [1.82, 2.24) is 0 Å². The van der Waals surface area contributed by atoms with Crippen molar-refractivity contribution in [2.75, 3.05) is 0 Å². The highest BCUT2D eigenvalue weighted by Gasteiger charge is 2.22. The lowest BCUT2D eigenvalue weighted by molar-refractivity contribution is 0.687. The van der Waals surface area contributed by atoms with Crippen molar-refractivity contribution in [2.24, 2.45) is 0 Å². The van der Waals surface area contributed by atoms with Gasteiger partial charge in [-0.2, -0.15) is 0 Å². The zero-order chi connectivity index (χ0) is 22.5. The summed E-state index contributed by atoms with van der Waals surface area (Å²) in [6.07, 6.45) is 10.1. The average Bonchev–Trinajstić information content (AvgIpc) is 2.91. The van der Waals surface area contributed by atoms with Gasteiger partial charge in [0.1, 0.15) is 0 Å². The fourth-order valence-electron chi connectivity index (χ4n) is 6.74. The molecule has 0 spiro atoms. The van der Waals surface area contributed by atoms with E-state index in [2.05, 4.69) is 84.9 Å². The van der Waals surface area contributed by atoms with Gasteiger partial charge < -0.3 is 0 Å². The van der Waals surface area contributed by atoms with Gasteiger partial charge in [0, 0.05) is 0 Å². The van der Waals surface area contributed by atoms with Crippen molar-refractivity contribution in [3.63, 3.8) is 0 Å². The highest BCUT2D eigenvalue weighted by molar-refractivity contribution is 6.21. The molecule has 0 saturated heterocycles. The largest absolute Gasteiger partial charge is 0.0616 e. The maximum Gasteiger partial charge on any atom is -0.00235 e. The first-order valence-electron chi connectivity index (χ1n) is 13.1. The van der Waals surface area contributed by atoms with Crippen molar-refractivity contribution in [3.8, 4) is 22.3 Å². The summed E-state index contributed by atoms with van der Waals surface area (Å²) in [5, 5.41) is 5.57. The molecule has 0 heterocycles. The molecule has 0 heteroatoms. The van der Waals surface area contributed by atoms with E-state index in [-0.39, 0.29) is 0 Å². The Morgan fingerprint density at radius 3 is 1.15 bits per heavy atom. The molecule has 5 aromatic rings. The Bertz CT molecular complexity index is 1380. The third kappa shape index (κ3) is 3.05. The van der Waals surface area contributed by atoms with Crippen molar-refractivity contribution < 1.29 is 0 Å². The predicted molar refractivity (Wildman–Crippen MR) is 146 cm³/mol. The van der Waals surface area contributed by atoms with Crippen LogP contribution in [-0.2, 0) is 25.7 Å². The van der Waals surface area contributed by atoms with E-state index in [1.54, 1.807) is 22.3 Å². The van der Waals surface area contributed by atoms with E-state index in [0.717, 1.165) is 0 Å². The second kappa shape index (κ2) is 8.13. The quantitative estimate of drug-likeness (QED) is 0.241. The summed E-state index contributed by atoms with van der Waals surface area (Å²) >= 11 is 0. The van der Waals surface area contributed by atoms with Crippen LogP contribution in [0.5, 0.6) is 0 Å². The molecule has 0 atom stereocenters. The Morgan fingerprint density at radius 2 is 0.735 bits per heavy atom. The number of rotatable bonds is 2. The smallest absolute Gasteiger partial charge is 0.00235 e. The van der Waals surface area contributed by atoms with Crippen LogP contribution in [0.15, 0.2) is 84.9 Å². The third-order valence-electron chi connectivity index (χ3n) is 8.26. The first-order chi connectivity index (χ1) is 16.9. The lowest BCUT2D eigenvalue weighted by atomic mass is 9.79. The SMILES string of the molecule is c1cc2c(c(-c3c4ccccc4c(-c4cccc5c4CCCC5)c4ccccc34)c1)CCCC2. The van der Waals surface area contributed by atoms with Crippen LogP contribution in [0.2, 0.25) is 0 Å². The maximum atomic E-state index is 2.38. The Hall–Kier alpha value is -3.38. The molecule has 5 aromatic carbocycles. The standard InChI is InChI=1S/C34H30/c1-3-15-25-23(11-1)13-9-21-27(25)33-29-17-5-7-19-31(29)34(32-20-8-6-18-30(32)33)28-22-10-14-24-12-2-4-16-26(24)28/h5-10,13-14,17-22H,1-4,11-12,15-16H2. The van der Waals surface area contributed by atoms with E-state index in [4.69, 9.17) is 0 Å². The van der Waals surface area contributed by atoms with E-state index in [1.165, 1.54) is 95.2 Å². The summed E-state index contributed by atoms with van der Waals surface area (Å²) in [4.78, 5) is 0. The minimum absolute atomic E-state index is 1.20. The zero-order valence-corrected chi connectivity index (χ0v) is 19.7. The Morgan fingerprint density at radius 1 is 0.353 bits per heavy atom. The van der Waals surface area contributed by atoms with Gasteiger partial charge in [-0.1, -0.05) is 84.9 Å². The van der Waals surface area contributed by atoms with E-state index in [9.17, 15) is 0 Å². The normalized spacial score (nSPS) is 15.3. The first-order valence-corrected chi connectivity index (χ1v) is 13.1. The molecule has 0 unspecified atom stereocenters. The second-order valence-corrected chi connectivity index (χ2v) is 10.1. The lowest BCUT2D eigenvalue weighted by Gasteiger charge is -2.25. The van der Waals surface area contributed by atoms with E-state index >= 15 is 0 Å². The maximum absolute atomic E-state index is 2.38. The molecule has 0 radical (unpaired) electrons. The molecule has 0 nitrogen and oxygen atoms in total. The monoisotopic (exact) mass is 438 g/mol. The van der Waals surface area contributed by atoms with Gasteiger partial charge in [0.05, 0.1) is 0 Å². The minimum Gasteiger partial charge on any atom is -0.0616 e. The molecule has 0 bridgehead atoms. The zero-order valence-electron chi connectivity index (χ0n) is 19.7. The number of fused-ring (bicyclic) bond motifs is 4. The van der Waals surface area contributed by atoms with Crippen LogP contribution >= 0.6 is 0 Å². The summed E-state index contributed by atoms with van der Waals surface area (Å²) in [5.74, 6) is 0. The molecule has 166 valence electrons. The molecule has 0 saturated carbocycles. The molecule has 0 N–H and O–H groups in total. The van der Waals surface area contributed by atoms with Crippen LogP contribution in [0.1, 0.15) is 47.9 Å². The molecule has 2 aliphatic rings. The van der Waals surface area contributed by atoms with Crippen LogP contribution in [0.4, 0.5) is 0 Å². The molecule has 34 heavy (non-hydrogen) atoms. The van der Waals surface area contributed by atoms with Crippen molar-refractivity contribution in [1.29, 1.82) is 0 Å². The van der Waals surface area contributed by atoms with Gasteiger partial charge in [-0.25, -0.2) is 0 Å². The number of hydrogen-bond donors (Lipinski definition) is 0. The lowest BCUT2D eigenvalue weighted by Crippen LogP contribution is -2.06. The summed E-state index contributed by atoms with van der Waals surface area (Å²) < 4.78 is 0. The molecule has 0 fully saturated rings. The molecule has 7 rings (SSSR count). The van der Waals surface area contributed by atoms with Crippen LogP contribution in [0, 0.1) is 0 Å². The molecular formula is C34H30. The van der Waals surface area contributed by atoms with Gasteiger partial charge in [0.25, 0.3) is 0 Å². The average molecular weight is 439 g/mol. The molecule has 2 aliphatic carbocycles. The van der Waals surface area contributed by atoms with Gasteiger partial charge in [0.15, 0.2) is 0 Å². The Balaban J connectivity index is 1.62. The molecule has 0 aliphatic heterocycles. The van der Waals surface area contributed by atoms with Crippen LogP contribution in [-0.4, -0.2) is 0 Å². The fraction of sp³-hybridized carbons (Fsp3) is 0.235. The fourth-order valence-corrected chi connectivity index (χ4v) is 6.74. The van der Waals surface area contributed by atoms with E-state index in [1.807, 2.05) is 0 Å². The number of hydrogen-bond acceptors (Lipinski definition) is 0. The number of aryl methyl sites for hydroxylation is 2. The van der Waals surface area contributed by atoms with Crippen LogP contribution in [0.3, 0.4) is 0 Å². The van der Waals surface area contributed by atoms with E-state index in [0.29, 0.717) is 0 Å². The van der Waals surface area contributed by atoms with Gasteiger partial charge in [-0.05, 0) is 117 Å².